The lowest BCUT2D eigenvalue weighted by Crippen LogP contribution is -2.55. The molecule has 200 valence electrons. The fraction of sp³-hybridized carbons (Fsp3) is 0.808. The summed E-state index contributed by atoms with van der Waals surface area (Å²) in [5.41, 5.74) is -0.653. The van der Waals surface area contributed by atoms with E-state index in [0.717, 1.165) is 45.6 Å². The summed E-state index contributed by atoms with van der Waals surface area (Å²) in [7, 11) is 1.73. The SMILES string of the molecule is CO[C@@H]1COCC[C@@H]1N[C@@H]1CC[C@@](C(=O)N2C[C@@H]3C[C@H]2CN3c2cc(C(C)(F)F)ncn2)(C(C)C)C1. The largest absolute Gasteiger partial charge is 0.379 e. The number of nitrogens with one attached hydrogen (secondary N) is 1. The molecule has 3 aliphatic heterocycles. The Bertz CT molecular complexity index is 960. The predicted octanol–water partition coefficient (Wildman–Crippen LogP) is 2.97. The molecule has 5 rings (SSSR count). The van der Waals surface area contributed by atoms with Crippen molar-refractivity contribution in [2.45, 2.75) is 89.1 Å². The molecule has 0 radical (unpaired) electrons. The molecular weight excluding hydrogens is 468 g/mol. The molecule has 36 heavy (non-hydrogen) atoms. The fourth-order valence-corrected chi connectivity index (χ4v) is 6.85. The van der Waals surface area contributed by atoms with Crippen molar-refractivity contribution in [3.8, 4) is 0 Å². The number of fused-ring (bicyclic) bond motifs is 2. The maximum absolute atomic E-state index is 14.1. The third kappa shape index (κ3) is 4.60. The van der Waals surface area contributed by atoms with Crippen molar-refractivity contribution in [2.75, 3.05) is 38.3 Å². The summed E-state index contributed by atoms with van der Waals surface area (Å²) in [4.78, 5) is 26.3. The topological polar surface area (TPSA) is 79.8 Å². The van der Waals surface area contributed by atoms with Crippen LogP contribution in [0.4, 0.5) is 14.6 Å². The van der Waals surface area contributed by atoms with Gasteiger partial charge < -0.3 is 24.6 Å². The number of rotatable bonds is 7. The number of anilines is 1. The molecule has 1 aromatic heterocycles. The normalized spacial score (nSPS) is 34.7. The number of nitrogens with zero attached hydrogens (tertiary/aromatic N) is 4. The van der Waals surface area contributed by atoms with E-state index >= 15 is 0 Å². The van der Waals surface area contributed by atoms with E-state index in [2.05, 4.69) is 38.9 Å². The van der Waals surface area contributed by atoms with Crippen molar-refractivity contribution in [1.29, 1.82) is 0 Å². The summed E-state index contributed by atoms with van der Waals surface area (Å²) < 4.78 is 38.8. The van der Waals surface area contributed by atoms with Gasteiger partial charge in [-0.25, -0.2) is 9.97 Å². The average Bonchev–Trinajstić information content (AvgIpc) is 3.58. The molecule has 6 atom stereocenters. The van der Waals surface area contributed by atoms with Crippen molar-refractivity contribution in [3.05, 3.63) is 18.1 Å². The van der Waals surface area contributed by atoms with Gasteiger partial charge in [0.2, 0.25) is 5.91 Å². The lowest BCUT2D eigenvalue weighted by molar-refractivity contribution is -0.146. The molecule has 1 aromatic rings. The third-order valence-corrected chi connectivity index (χ3v) is 9.04. The second-order valence-corrected chi connectivity index (χ2v) is 11.5. The van der Waals surface area contributed by atoms with E-state index in [0.29, 0.717) is 25.5 Å². The lowest BCUT2D eigenvalue weighted by atomic mass is 9.74. The molecule has 1 amide bonds. The molecule has 1 N–H and O–H groups in total. The van der Waals surface area contributed by atoms with Gasteiger partial charge in [0.25, 0.3) is 5.92 Å². The van der Waals surface area contributed by atoms with Crippen LogP contribution in [-0.4, -0.2) is 84.5 Å². The molecule has 0 aromatic carbocycles. The molecule has 4 aliphatic rings. The van der Waals surface area contributed by atoms with Crippen LogP contribution in [0, 0.1) is 11.3 Å². The predicted molar refractivity (Wildman–Crippen MR) is 131 cm³/mol. The van der Waals surface area contributed by atoms with Gasteiger partial charge in [-0.1, -0.05) is 13.8 Å². The standard InChI is InChI=1S/C26H39F2N5O3/c1-16(2)26(7-5-17(11-26)31-20-6-8-36-14-21(20)35-4)24(34)33-13-18-9-19(33)12-32(18)23-10-22(25(3,27)28)29-15-30-23/h10,15-21,31H,5-9,11-14H2,1-4H3/t17-,18+,19+,20+,21-,26+/m1/s1. The minimum absolute atomic E-state index is 0.0405. The highest BCUT2D eigenvalue weighted by Crippen LogP contribution is 2.48. The maximum atomic E-state index is 14.1. The summed E-state index contributed by atoms with van der Waals surface area (Å²) in [5.74, 6) is -2.00. The average molecular weight is 508 g/mol. The number of alkyl halides is 2. The number of hydrogen-bond donors (Lipinski definition) is 1. The summed E-state index contributed by atoms with van der Waals surface area (Å²) >= 11 is 0. The first kappa shape index (κ1) is 25.7. The Morgan fingerprint density at radius 1 is 1.28 bits per heavy atom. The quantitative estimate of drug-likeness (QED) is 0.608. The van der Waals surface area contributed by atoms with Crippen molar-refractivity contribution in [3.63, 3.8) is 0 Å². The highest BCUT2D eigenvalue weighted by molar-refractivity contribution is 5.84. The third-order valence-electron chi connectivity index (χ3n) is 9.04. The highest BCUT2D eigenvalue weighted by Gasteiger charge is 2.54. The number of likely N-dealkylation sites (tertiary alicyclic amines) is 1. The number of hydrogen-bond acceptors (Lipinski definition) is 7. The number of ether oxygens (including phenoxy) is 2. The monoisotopic (exact) mass is 507 g/mol. The molecule has 2 bridgehead atoms. The summed E-state index contributed by atoms with van der Waals surface area (Å²) in [6, 6.07) is 2.09. The number of amides is 1. The Kier molecular flexibility index (Phi) is 6.97. The molecule has 8 nitrogen and oxygen atoms in total. The fourth-order valence-electron chi connectivity index (χ4n) is 6.85. The van der Waals surface area contributed by atoms with Crippen LogP contribution in [0.1, 0.15) is 58.6 Å². The Morgan fingerprint density at radius 2 is 2.08 bits per heavy atom. The van der Waals surface area contributed by atoms with E-state index in [1.807, 2.05) is 0 Å². The maximum Gasteiger partial charge on any atom is 0.287 e. The van der Waals surface area contributed by atoms with Crippen LogP contribution in [0.25, 0.3) is 0 Å². The zero-order valence-corrected chi connectivity index (χ0v) is 21.8. The van der Waals surface area contributed by atoms with E-state index in [-0.39, 0.29) is 53.2 Å². The first-order chi connectivity index (χ1) is 17.1. The van der Waals surface area contributed by atoms with Crippen LogP contribution in [0.3, 0.4) is 0 Å². The molecule has 1 saturated carbocycles. The van der Waals surface area contributed by atoms with Crippen LogP contribution in [0.2, 0.25) is 0 Å². The van der Waals surface area contributed by atoms with Gasteiger partial charge in [-0.2, -0.15) is 8.78 Å². The summed E-state index contributed by atoms with van der Waals surface area (Å²) in [5, 5.41) is 3.79. The second kappa shape index (κ2) is 9.76. The first-order valence-corrected chi connectivity index (χ1v) is 13.3. The number of methoxy groups -OCH3 is 1. The van der Waals surface area contributed by atoms with Crippen molar-refractivity contribution < 1.29 is 23.0 Å². The van der Waals surface area contributed by atoms with Gasteiger partial charge in [0.1, 0.15) is 17.8 Å². The summed E-state index contributed by atoms with van der Waals surface area (Å²) in [6.45, 7) is 7.75. The molecule has 1 aliphatic carbocycles. The molecule has 0 spiro atoms. The van der Waals surface area contributed by atoms with Crippen molar-refractivity contribution >= 4 is 11.7 Å². The Labute approximate surface area is 212 Å². The molecular formula is C26H39F2N5O3. The number of carbonyl (C=O) groups excluding carboxylic acids is 1. The highest BCUT2D eigenvalue weighted by atomic mass is 19.3. The molecule has 4 heterocycles. The number of aromatic nitrogens is 2. The van der Waals surface area contributed by atoms with Gasteiger partial charge in [0.15, 0.2) is 0 Å². The molecule has 4 fully saturated rings. The van der Waals surface area contributed by atoms with Gasteiger partial charge in [0.05, 0.1) is 30.2 Å². The van der Waals surface area contributed by atoms with Gasteiger partial charge in [0, 0.05) is 51.9 Å². The van der Waals surface area contributed by atoms with Crippen molar-refractivity contribution in [2.24, 2.45) is 11.3 Å². The molecule has 3 saturated heterocycles. The van der Waals surface area contributed by atoms with Crippen LogP contribution < -0.4 is 10.2 Å². The zero-order chi connectivity index (χ0) is 25.7. The lowest BCUT2D eigenvalue weighted by Gasteiger charge is -2.42. The van der Waals surface area contributed by atoms with Crippen LogP contribution in [0.5, 0.6) is 0 Å². The zero-order valence-electron chi connectivity index (χ0n) is 21.8. The minimum atomic E-state index is -3.01. The smallest absolute Gasteiger partial charge is 0.287 e. The van der Waals surface area contributed by atoms with Crippen LogP contribution in [-0.2, 0) is 20.2 Å². The number of piperazine rings is 1. The van der Waals surface area contributed by atoms with Gasteiger partial charge >= 0.3 is 0 Å². The van der Waals surface area contributed by atoms with Crippen molar-refractivity contribution in [1.82, 2.24) is 20.2 Å². The van der Waals surface area contributed by atoms with E-state index < -0.39 is 5.92 Å². The van der Waals surface area contributed by atoms with E-state index in [1.165, 1.54) is 12.4 Å². The van der Waals surface area contributed by atoms with Crippen LogP contribution >= 0.6 is 0 Å². The minimum Gasteiger partial charge on any atom is -0.379 e. The van der Waals surface area contributed by atoms with Gasteiger partial charge in [-0.3, -0.25) is 4.79 Å². The number of carbonyl (C=O) groups is 1. The molecule has 10 heteroatoms. The number of halogens is 2. The first-order valence-electron chi connectivity index (χ1n) is 13.3. The van der Waals surface area contributed by atoms with Gasteiger partial charge in [-0.15, -0.1) is 0 Å². The van der Waals surface area contributed by atoms with E-state index in [4.69, 9.17) is 9.47 Å². The Morgan fingerprint density at radius 3 is 2.75 bits per heavy atom. The van der Waals surface area contributed by atoms with E-state index in [1.54, 1.807) is 7.11 Å². The molecule has 0 unspecified atom stereocenters. The second-order valence-electron chi connectivity index (χ2n) is 11.5. The Hall–Kier alpha value is -1.91. The van der Waals surface area contributed by atoms with E-state index in [9.17, 15) is 13.6 Å². The van der Waals surface area contributed by atoms with Crippen LogP contribution in [0.15, 0.2) is 12.4 Å². The Balaban J connectivity index is 1.26. The summed E-state index contributed by atoms with van der Waals surface area (Å²) in [6.07, 6.45) is 5.69. The van der Waals surface area contributed by atoms with Gasteiger partial charge in [-0.05, 0) is 38.0 Å².